The van der Waals surface area contributed by atoms with Crippen molar-refractivity contribution in [3.05, 3.63) is 76.9 Å². The highest BCUT2D eigenvalue weighted by molar-refractivity contribution is 6.02. The van der Waals surface area contributed by atoms with Gasteiger partial charge in [-0.2, -0.15) is 0 Å². The molecule has 2 aromatic rings. The molecule has 2 fully saturated rings. The summed E-state index contributed by atoms with van der Waals surface area (Å²) in [5, 5.41) is 2.69. The van der Waals surface area contributed by atoms with E-state index in [1.165, 1.54) is 4.90 Å². The molecule has 0 spiro atoms. The van der Waals surface area contributed by atoms with Gasteiger partial charge < -0.3 is 24.6 Å². The second kappa shape index (κ2) is 9.30. The number of piperidine rings is 1. The van der Waals surface area contributed by atoms with Crippen LogP contribution < -0.4 is 10.1 Å². The first kappa shape index (κ1) is 16.1. The zero-order valence-corrected chi connectivity index (χ0v) is 18.4. The van der Waals surface area contributed by atoms with E-state index >= 15 is 0 Å². The molecule has 176 valence electrons. The predicted molar refractivity (Wildman–Crippen MR) is 124 cm³/mol. The molecule has 0 radical (unpaired) electrons. The summed E-state index contributed by atoms with van der Waals surface area (Å²) >= 11 is 0. The van der Waals surface area contributed by atoms with Gasteiger partial charge in [-0.05, 0) is 36.1 Å². The molecule has 3 aliphatic rings. The van der Waals surface area contributed by atoms with E-state index in [9.17, 15) is 14.4 Å². The van der Waals surface area contributed by atoms with Gasteiger partial charge in [0.25, 0.3) is 5.91 Å². The number of carbonyl (C=O) groups excluding carboxylic acids is 3. The summed E-state index contributed by atoms with van der Waals surface area (Å²) in [6.07, 6.45) is 0.996. The summed E-state index contributed by atoms with van der Waals surface area (Å²) in [4.78, 5) is 40.2. The summed E-state index contributed by atoms with van der Waals surface area (Å²) in [6, 6.07) is 1.98. The Balaban J connectivity index is 1.41. The number of carbonyl (C=O) groups is 3. The van der Waals surface area contributed by atoms with Crippen molar-refractivity contribution in [2.24, 2.45) is 0 Å². The van der Waals surface area contributed by atoms with E-state index in [0.29, 0.717) is 35.4 Å². The molecular weight excluding hydrogens is 434 g/mol. The molecule has 0 saturated carbocycles. The van der Waals surface area contributed by atoms with Crippen molar-refractivity contribution >= 4 is 17.7 Å². The molecule has 0 aliphatic carbocycles. The van der Waals surface area contributed by atoms with Crippen LogP contribution in [0.3, 0.4) is 0 Å². The quantitative estimate of drug-likeness (QED) is 0.705. The molecule has 5 rings (SSSR count). The molecule has 3 aliphatic heterocycles. The standard InChI is InChI=1S/C26H27N3O5/c1-17-5-10-22(25(31)27-17)29-14-21-20(26(29)32)3-2-4-23(21)34-15-19-8-6-18(7-9-19)13-28-11-12-33-16-24(28)30/h2-4,6-9,22H,1,5,10-16H2,(H,27,31)/i6D,7D,8D,9D,13D2. The molecule has 3 heterocycles. The van der Waals surface area contributed by atoms with Gasteiger partial charge in [-0.3, -0.25) is 14.4 Å². The molecule has 2 aromatic carbocycles. The summed E-state index contributed by atoms with van der Waals surface area (Å²) in [7, 11) is 0. The van der Waals surface area contributed by atoms with Crippen molar-refractivity contribution in [1.82, 2.24) is 15.1 Å². The Morgan fingerprint density at radius 1 is 1.21 bits per heavy atom. The number of allylic oxidation sites excluding steroid dienone is 1. The Morgan fingerprint density at radius 2 is 2.00 bits per heavy atom. The smallest absolute Gasteiger partial charge is 0.255 e. The van der Waals surface area contributed by atoms with Crippen LogP contribution in [0.2, 0.25) is 0 Å². The van der Waals surface area contributed by atoms with E-state index in [-0.39, 0.29) is 50.3 Å². The van der Waals surface area contributed by atoms with E-state index in [0.717, 1.165) is 4.90 Å². The van der Waals surface area contributed by atoms with Crippen molar-refractivity contribution in [3.8, 4) is 5.75 Å². The van der Waals surface area contributed by atoms with Crippen LogP contribution >= 0.6 is 0 Å². The van der Waals surface area contributed by atoms with Crippen molar-refractivity contribution < 1.29 is 32.1 Å². The first-order valence-electron chi connectivity index (χ1n) is 14.0. The van der Waals surface area contributed by atoms with Crippen molar-refractivity contribution in [2.45, 2.75) is 38.5 Å². The Kier molecular flexibility index (Phi) is 4.39. The third kappa shape index (κ3) is 4.41. The van der Waals surface area contributed by atoms with Crippen LogP contribution in [0.5, 0.6) is 5.75 Å². The molecule has 1 unspecified atom stereocenters. The summed E-state index contributed by atoms with van der Waals surface area (Å²) in [5.74, 6) is -0.981. The zero-order valence-electron chi connectivity index (χ0n) is 24.4. The van der Waals surface area contributed by atoms with E-state index in [1.54, 1.807) is 18.2 Å². The van der Waals surface area contributed by atoms with Crippen LogP contribution in [0, 0.1) is 0 Å². The molecule has 8 heteroatoms. The average Bonchev–Trinajstić information content (AvgIpc) is 3.24. The van der Waals surface area contributed by atoms with E-state index in [4.69, 9.17) is 17.7 Å². The lowest BCUT2D eigenvalue weighted by Crippen LogP contribution is -2.49. The minimum Gasteiger partial charge on any atom is -0.489 e. The van der Waals surface area contributed by atoms with Gasteiger partial charge in [-0.1, -0.05) is 36.8 Å². The molecule has 1 N–H and O–H groups in total. The normalized spacial score (nSPS) is 23.4. The average molecular weight is 468 g/mol. The summed E-state index contributed by atoms with van der Waals surface area (Å²) in [6.45, 7) is 0.561. The fraction of sp³-hybridized carbons (Fsp3) is 0.346. The first-order chi connectivity index (χ1) is 18.9. The number of nitrogens with one attached hydrogen (secondary N) is 1. The monoisotopic (exact) mass is 467 g/mol. The van der Waals surface area contributed by atoms with E-state index < -0.39 is 48.2 Å². The number of morpholine rings is 1. The zero-order chi connectivity index (χ0) is 28.9. The van der Waals surface area contributed by atoms with Crippen LogP contribution in [0.1, 0.15) is 48.1 Å². The topological polar surface area (TPSA) is 88.2 Å². The highest BCUT2D eigenvalue weighted by Crippen LogP contribution is 2.34. The predicted octanol–water partition coefficient (Wildman–Crippen LogP) is 2.37. The lowest BCUT2D eigenvalue weighted by atomic mass is 10.0. The number of benzene rings is 2. The SMILES string of the molecule is [2H]c1c([2H])c(C([2H])([2H])N2CCOCC2=O)c([2H])c([2H])c1COc1cccc2c1CN(C1CCC(=C)NC1=O)C2=O. The number of amides is 3. The first-order valence-corrected chi connectivity index (χ1v) is 11.0. The van der Waals surface area contributed by atoms with Gasteiger partial charge in [0.15, 0.2) is 0 Å². The fourth-order valence-electron chi connectivity index (χ4n) is 4.16. The lowest BCUT2D eigenvalue weighted by Gasteiger charge is -2.31. The molecular formula is C26H27N3O5. The van der Waals surface area contributed by atoms with Crippen LogP contribution in [-0.2, 0) is 34.0 Å². The highest BCUT2D eigenvalue weighted by Gasteiger charge is 2.39. The molecule has 8 nitrogen and oxygen atoms in total. The largest absolute Gasteiger partial charge is 0.489 e. The van der Waals surface area contributed by atoms with E-state index in [2.05, 4.69) is 11.9 Å². The fourth-order valence-corrected chi connectivity index (χ4v) is 4.16. The van der Waals surface area contributed by atoms with Gasteiger partial charge in [0.05, 0.1) is 21.4 Å². The van der Waals surface area contributed by atoms with Gasteiger partial charge in [-0.15, -0.1) is 0 Å². The minimum atomic E-state index is -2.60. The van der Waals surface area contributed by atoms with Gasteiger partial charge in [0.1, 0.15) is 25.0 Å². The van der Waals surface area contributed by atoms with Crippen LogP contribution in [0.4, 0.5) is 0 Å². The number of fused-ring (bicyclic) bond motifs is 1. The van der Waals surface area contributed by atoms with Crippen molar-refractivity contribution in [2.75, 3.05) is 19.8 Å². The number of hydrogen-bond donors (Lipinski definition) is 1. The third-order valence-electron chi connectivity index (χ3n) is 5.93. The second-order valence-electron chi connectivity index (χ2n) is 8.21. The molecule has 0 bridgehead atoms. The Bertz CT molecular complexity index is 1420. The molecule has 1 atom stereocenters. The number of nitrogens with zero attached hydrogens (tertiary/aromatic N) is 2. The Labute approximate surface area is 206 Å². The maximum absolute atomic E-state index is 13.1. The second-order valence-corrected chi connectivity index (χ2v) is 8.21. The van der Waals surface area contributed by atoms with Crippen LogP contribution in [0.25, 0.3) is 0 Å². The van der Waals surface area contributed by atoms with Gasteiger partial charge in [0.2, 0.25) is 11.8 Å². The summed E-state index contributed by atoms with van der Waals surface area (Å²) in [5.41, 5.74) is 0.861. The Morgan fingerprint density at radius 3 is 2.76 bits per heavy atom. The molecule has 34 heavy (non-hydrogen) atoms. The van der Waals surface area contributed by atoms with Gasteiger partial charge in [0, 0.05) is 29.9 Å². The maximum Gasteiger partial charge on any atom is 0.255 e. The summed E-state index contributed by atoms with van der Waals surface area (Å²) < 4.78 is 61.9. The number of hydrogen-bond acceptors (Lipinski definition) is 5. The highest BCUT2D eigenvalue weighted by atomic mass is 16.5. The maximum atomic E-state index is 13.1. The molecule has 3 amide bonds. The third-order valence-corrected chi connectivity index (χ3v) is 5.93. The molecule has 0 aromatic heterocycles. The minimum absolute atomic E-state index is 0.0847. The Hall–Kier alpha value is -3.65. The van der Waals surface area contributed by atoms with Gasteiger partial charge in [-0.25, -0.2) is 0 Å². The van der Waals surface area contributed by atoms with Gasteiger partial charge >= 0.3 is 0 Å². The van der Waals surface area contributed by atoms with Crippen LogP contribution in [-0.4, -0.2) is 53.3 Å². The van der Waals surface area contributed by atoms with E-state index in [1.807, 2.05) is 0 Å². The lowest BCUT2D eigenvalue weighted by molar-refractivity contribution is -0.143. The number of ether oxygens (including phenoxy) is 2. The van der Waals surface area contributed by atoms with Crippen molar-refractivity contribution in [3.63, 3.8) is 0 Å². The molecule has 2 saturated heterocycles. The van der Waals surface area contributed by atoms with Crippen molar-refractivity contribution in [1.29, 1.82) is 0 Å². The number of rotatable bonds is 6. The van der Waals surface area contributed by atoms with Crippen LogP contribution in [0.15, 0.2) is 54.6 Å².